The first-order valence-electron chi connectivity index (χ1n) is 6.22. The molecule has 0 atom stereocenters. The van der Waals surface area contributed by atoms with Gasteiger partial charge in [0.25, 0.3) is 5.91 Å². The Morgan fingerprint density at radius 3 is 2.35 bits per heavy atom. The molecule has 3 heteroatoms. The van der Waals surface area contributed by atoms with Crippen LogP contribution in [0.2, 0.25) is 0 Å². The lowest BCUT2D eigenvalue weighted by Gasteiger charge is -2.20. The molecule has 0 saturated carbocycles. The highest BCUT2D eigenvalue weighted by molar-refractivity contribution is 5.94. The summed E-state index contributed by atoms with van der Waals surface area (Å²) in [7, 11) is 0. The average molecular weight is 235 g/mol. The Labute approximate surface area is 103 Å². The number of nitrogens with zero attached hydrogens (tertiary/aromatic N) is 1. The highest BCUT2D eigenvalue weighted by Crippen LogP contribution is 2.08. The zero-order valence-electron chi connectivity index (χ0n) is 10.6. The number of hydrogen-bond donors (Lipinski definition) is 1. The summed E-state index contributed by atoms with van der Waals surface area (Å²) in [4.78, 5) is 13.9. The van der Waals surface area contributed by atoms with Crippen LogP contribution >= 0.6 is 0 Å². The Balaban J connectivity index is 2.71. The van der Waals surface area contributed by atoms with E-state index in [0.717, 1.165) is 12.0 Å². The van der Waals surface area contributed by atoms with Gasteiger partial charge in [-0.2, -0.15) is 0 Å². The minimum Gasteiger partial charge on any atom is -0.396 e. The van der Waals surface area contributed by atoms with Crippen LogP contribution in [0.3, 0.4) is 0 Å². The lowest BCUT2D eigenvalue weighted by molar-refractivity contribution is 0.0754. The molecule has 0 bridgehead atoms. The van der Waals surface area contributed by atoms with Gasteiger partial charge in [0.1, 0.15) is 0 Å². The molecule has 1 aromatic rings. The van der Waals surface area contributed by atoms with Crippen LogP contribution in [-0.4, -0.2) is 35.6 Å². The number of aliphatic hydroxyl groups excluding tert-OH is 1. The van der Waals surface area contributed by atoms with Gasteiger partial charge < -0.3 is 10.0 Å². The van der Waals surface area contributed by atoms with Gasteiger partial charge in [-0.1, -0.05) is 19.1 Å². The number of benzene rings is 1. The fourth-order valence-electron chi connectivity index (χ4n) is 1.73. The molecule has 1 aromatic carbocycles. The molecular formula is C14H21NO2. The molecule has 0 heterocycles. The maximum atomic E-state index is 12.1. The summed E-state index contributed by atoms with van der Waals surface area (Å²) in [6.45, 7) is 5.46. The molecule has 1 N–H and O–H groups in total. The van der Waals surface area contributed by atoms with Gasteiger partial charge in [0.2, 0.25) is 0 Å². The summed E-state index contributed by atoms with van der Waals surface area (Å²) in [6, 6.07) is 7.74. The zero-order chi connectivity index (χ0) is 12.7. The van der Waals surface area contributed by atoms with Gasteiger partial charge in [0.05, 0.1) is 0 Å². The van der Waals surface area contributed by atoms with E-state index in [0.29, 0.717) is 19.5 Å². The van der Waals surface area contributed by atoms with Crippen LogP contribution in [0, 0.1) is 0 Å². The molecule has 0 aliphatic heterocycles. The average Bonchev–Trinajstić information content (AvgIpc) is 2.39. The molecular weight excluding hydrogens is 214 g/mol. The standard InChI is InChI=1S/C14H21NO2/c1-3-12-6-8-13(9-7-12)14(17)15(4-2)10-5-11-16/h6-9,16H,3-5,10-11H2,1-2H3. The third-order valence-electron chi connectivity index (χ3n) is 2.86. The number of carbonyl (C=O) groups is 1. The van der Waals surface area contributed by atoms with E-state index in [1.807, 2.05) is 31.2 Å². The number of rotatable bonds is 6. The van der Waals surface area contributed by atoms with E-state index in [1.165, 1.54) is 5.56 Å². The molecule has 0 aliphatic rings. The number of aliphatic hydroxyl groups is 1. The van der Waals surface area contributed by atoms with E-state index in [1.54, 1.807) is 4.90 Å². The Hall–Kier alpha value is -1.35. The predicted molar refractivity (Wildman–Crippen MR) is 69.1 cm³/mol. The van der Waals surface area contributed by atoms with Gasteiger partial charge in [0, 0.05) is 25.3 Å². The summed E-state index contributed by atoms with van der Waals surface area (Å²) in [5, 5.41) is 8.79. The smallest absolute Gasteiger partial charge is 0.253 e. The summed E-state index contributed by atoms with van der Waals surface area (Å²) in [6.07, 6.45) is 1.61. The SMILES string of the molecule is CCc1ccc(C(=O)N(CC)CCCO)cc1. The van der Waals surface area contributed by atoms with Crippen molar-refractivity contribution in [3.63, 3.8) is 0 Å². The third-order valence-corrected chi connectivity index (χ3v) is 2.86. The Kier molecular flexibility index (Phi) is 5.70. The minimum absolute atomic E-state index is 0.0450. The van der Waals surface area contributed by atoms with Crippen molar-refractivity contribution in [2.75, 3.05) is 19.7 Å². The first kappa shape index (κ1) is 13.7. The molecule has 94 valence electrons. The monoisotopic (exact) mass is 235 g/mol. The number of amides is 1. The molecule has 0 saturated heterocycles. The van der Waals surface area contributed by atoms with Crippen LogP contribution < -0.4 is 0 Å². The lowest BCUT2D eigenvalue weighted by atomic mass is 10.1. The highest BCUT2D eigenvalue weighted by Gasteiger charge is 2.13. The van der Waals surface area contributed by atoms with Gasteiger partial charge in [-0.3, -0.25) is 4.79 Å². The summed E-state index contributed by atoms with van der Waals surface area (Å²) < 4.78 is 0. The second-order valence-corrected chi connectivity index (χ2v) is 4.01. The van der Waals surface area contributed by atoms with Gasteiger partial charge >= 0.3 is 0 Å². The van der Waals surface area contributed by atoms with Gasteiger partial charge in [0.15, 0.2) is 0 Å². The quantitative estimate of drug-likeness (QED) is 0.820. The molecule has 0 aromatic heterocycles. The number of aryl methyl sites for hydroxylation is 1. The minimum atomic E-state index is 0.0450. The lowest BCUT2D eigenvalue weighted by Crippen LogP contribution is -2.32. The zero-order valence-corrected chi connectivity index (χ0v) is 10.6. The van der Waals surface area contributed by atoms with Crippen LogP contribution in [0.25, 0.3) is 0 Å². The third kappa shape index (κ3) is 3.86. The molecule has 0 unspecified atom stereocenters. The number of hydrogen-bond acceptors (Lipinski definition) is 2. The normalized spacial score (nSPS) is 10.3. The predicted octanol–water partition coefficient (Wildman–Crippen LogP) is 2.09. The highest BCUT2D eigenvalue weighted by atomic mass is 16.3. The molecule has 0 fully saturated rings. The summed E-state index contributed by atoms with van der Waals surface area (Å²) >= 11 is 0. The van der Waals surface area contributed by atoms with E-state index in [2.05, 4.69) is 6.92 Å². The molecule has 0 radical (unpaired) electrons. The molecule has 0 spiro atoms. The van der Waals surface area contributed by atoms with Crippen LogP contribution in [-0.2, 0) is 6.42 Å². The van der Waals surface area contributed by atoms with Crippen molar-refractivity contribution >= 4 is 5.91 Å². The molecule has 1 amide bonds. The van der Waals surface area contributed by atoms with Crippen LogP contribution in [0.15, 0.2) is 24.3 Å². The molecule has 3 nitrogen and oxygen atoms in total. The fourth-order valence-corrected chi connectivity index (χ4v) is 1.73. The second-order valence-electron chi connectivity index (χ2n) is 4.01. The van der Waals surface area contributed by atoms with Crippen molar-refractivity contribution in [1.29, 1.82) is 0 Å². The van der Waals surface area contributed by atoms with Crippen molar-refractivity contribution in [3.8, 4) is 0 Å². The van der Waals surface area contributed by atoms with Crippen LogP contribution in [0.5, 0.6) is 0 Å². The van der Waals surface area contributed by atoms with Crippen molar-refractivity contribution in [2.45, 2.75) is 26.7 Å². The topological polar surface area (TPSA) is 40.5 Å². The Morgan fingerprint density at radius 2 is 1.88 bits per heavy atom. The largest absolute Gasteiger partial charge is 0.396 e. The van der Waals surface area contributed by atoms with E-state index in [-0.39, 0.29) is 12.5 Å². The van der Waals surface area contributed by atoms with E-state index in [4.69, 9.17) is 5.11 Å². The Morgan fingerprint density at radius 1 is 1.24 bits per heavy atom. The number of carbonyl (C=O) groups excluding carboxylic acids is 1. The van der Waals surface area contributed by atoms with Gasteiger partial charge in [-0.25, -0.2) is 0 Å². The molecule has 1 rings (SSSR count). The van der Waals surface area contributed by atoms with Gasteiger partial charge in [-0.15, -0.1) is 0 Å². The second kappa shape index (κ2) is 7.07. The first-order valence-corrected chi connectivity index (χ1v) is 6.22. The molecule has 0 aliphatic carbocycles. The van der Waals surface area contributed by atoms with Crippen LogP contribution in [0.1, 0.15) is 36.2 Å². The summed E-state index contributed by atoms with van der Waals surface area (Å²) in [5.41, 5.74) is 1.96. The van der Waals surface area contributed by atoms with Crippen molar-refractivity contribution in [1.82, 2.24) is 4.90 Å². The summed E-state index contributed by atoms with van der Waals surface area (Å²) in [5.74, 6) is 0.0450. The Bertz CT molecular complexity index is 346. The van der Waals surface area contributed by atoms with E-state index >= 15 is 0 Å². The fraction of sp³-hybridized carbons (Fsp3) is 0.500. The molecule has 17 heavy (non-hydrogen) atoms. The van der Waals surface area contributed by atoms with Crippen LogP contribution in [0.4, 0.5) is 0 Å². The van der Waals surface area contributed by atoms with Crippen molar-refractivity contribution < 1.29 is 9.90 Å². The van der Waals surface area contributed by atoms with Crippen molar-refractivity contribution in [2.24, 2.45) is 0 Å². The van der Waals surface area contributed by atoms with Crippen molar-refractivity contribution in [3.05, 3.63) is 35.4 Å². The maximum absolute atomic E-state index is 12.1. The van der Waals surface area contributed by atoms with Gasteiger partial charge in [-0.05, 0) is 37.5 Å². The maximum Gasteiger partial charge on any atom is 0.253 e. The van der Waals surface area contributed by atoms with E-state index in [9.17, 15) is 4.79 Å². The van der Waals surface area contributed by atoms with E-state index < -0.39 is 0 Å². The first-order chi connectivity index (χ1) is 8.22.